The van der Waals surface area contributed by atoms with Crippen LogP contribution in [-0.4, -0.2) is 28.9 Å². The molecule has 4 saturated carbocycles. The largest absolute Gasteiger partial charge is 0.481 e. The maximum absolute atomic E-state index is 14.4. The molecule has 0 aromatic rings. The highest BCUT2D eigenvalue weighted by Gasteiger charge is 2.70. The predicted octanol–water partition coefficient (Wildman–Crippen LogP) is 6.98. The van der Waals surface area contributed by atoms with Crippen LogP contribution in [0.25, 0.3) is 0 Å². The van der Waals surface area contributed by atoms with E-state index in [-0.39, 0.29) is 56.8 Å². The Morgan fingerprint density at radius 3 is 2.19 bits per heavy atom. The van der Waals surface area contributed by atoms with Gasteiger partial charge in [-0.15, -0.1) is 0 Å². The lowest BCUT2D eigenvalue weighted by atomic mass is 9.33. The van der Waals surface area contributed by atoms with E-state index in [1.165, 1.54) is 12.5 Å². The van der Waals surface area contributed by atoms with Gasteiger partial charge in [0.1, 0.15) is 6.10 Å². The van der Waals surface area contributed by atoms with Crippen LogP contribution in [-0.2, 0) is 19.1 Å². The Balaban J connectivity index is 1.58. The van der Waals surface area contributed by atoms with Crippen molar-refractivity contribution in [3.05, 3.63) is 11.6 Å². The smallest absolute Gasteiger partial charge is 0.309 e. The molecule has 9 atom stereocenters. The molecule has 5 aliphatic carbocycles. The van der Waals surface area contributed by atoms with Crippen LogP contribution >= 0.6 is 0 Å². The molecule has 0 saturated heterocycles. The summed E-state index contributed by atoms with van der Waals surface area (Å²) in [5.74, 6) is -0.280. The van der Waals surface area contributed by atoms with Crippen molar-refractivity contribution in [2.75, 3.05) is 0 Å². The minimum atomic E-state index is -0.729. The van der Waals surface area contributed by atoms with E-state index >= 15 is 0 Å². The van der Waals surface area contributed by atoms with Gasteiger partial charge in [0, 0.05) is 18.3 Å². The average molecular weight is 513 g/mol. The SMILES string of the molecule is CC(=O)O[C@H]1CC[C@@]2(C)C(CC[C@]3(C)C2C(=O)C=C2[C@H]4C[C@@](C)(C(=O)O)CC[C@]4(C)CC[C@]23C)C1(C)C. The highest BCUT2D eigenvalue weighted by Crippen LogP contribution is 2.75. The third-order valence-electron chi connectivity index (χ3n) is 13.3. The molecule has 0 amide bonds. The zero-order chi connectivity index (χ0) is 27.4. The molecule has 5 heteroatoms. The molecular formula is C32H48O5. The van der Waals surface area contributed by atoms with Crippen LogP contribution in [0.3, 0.4) is 0 Å². The minimum Gasteiger partial charge on any atom is -0.481 e. The minimum absolute atomic E-state index is 0.0644. The average Bonchev–Trinajstić information content (AvgIpc) is 2.78. The molecule has 2 unspecified atom stereocenters. The van der Waals surface area contributed by atoms with Gasteiger partial charge in [-0.25, -0.2) is 0 Å². The van der Waals surface area contributed by atoms with E-state index in [4.69, 9.17) is 4.74 Å². The van der Waals surface area contributed by atoms with E-state index in [2.05, 4.69) is 41.5 Å². The van der Waals surface area contributed by atoms with Gasteiger partial charge in [0.2, 0.25) is 0 Å². The number of rotatable bonds is 2. The fourth-order valence-electron chi connectivity index (χ4n) is 10.8. The fraction of sp³-hybridized carbons (Fsp3) is 0.844. The number of carbonyl (C=O) groups is 3. The number of ether oxygens (including phenoxy) is 1. The van der Waals surface area contributed by atoms with Crippen molar-refractivity contribution in [1.29, 1.82) is 0 Å². The zero-order valence-electron chi connectivity index (χ0n) is 24.3. The number of fused-ring (bicyclic) bond motifs is 7. The summed E-state index contributed by atoms with van der Waals surface area (Å²) in [5.41, 5.74) is -0.0327. The maximum Gasteiger partial charge on any atom is 0.309 e. The molecule has 5 rings (SSSR count). The van der Waals surface area contributed by atoms with Crippen molar-refractivity contribution < 1.29 is 24.2 Å². The fourth-order valence-corrected chi connectivity index (χ4v) is 10.8. The van der Waals surface area contributed by atoms with Gasteiger partial charge in [-0.05, 0) is 104 Å². The van der Waals surface area contributed by atoms with Gasteiger partial charge < -0.3 is 9.84 Å². The molecule has 0 radical (unpaired) electrons. The van der Waals surface area contributed by atoms with Crippen molar-refractivity contribution >= 4 is 17.7 Å². The van der Waals surface area contributed by atoms with Crippen LogP contribution in [0.5, 0.6) is 0 Å². The van der Waals surface area contributed by atoms with E-state index in [9.17, 15) is 19.5 Å². The van der Waals surface area contributed by atoms with Crippen LogP contribution in [0.1, 0.15) is 113 Å². The first-order valence-electron chi connectivity index (χ1n) is 14.6. The molecule has 206 valence electrons. The quantitative estimate of drug-likeness (QED) is 0.404. The summed E-state index contributed by atoms with van der Waals surface area (Å²) in [6.07, 6.45) is 10.0. The molecule has 5 nitrogen and oxygen atoms in total. The standard InChI is InChI=1S/C32H48O5/c1-19(33)37-24-10-11-30(6)23(27(24,2)3)9-12-32(8)25(30)22(34)17-20-21-18-29(5,26(35)36)14-13-28(21,4)15-16-31(20,32)7/h17,21,23-25H,9-16,18H2,1-8H3,(H,35,36)/t21-,23?,24+,25?,28-,29+,30+,31-,32-/m1/s1. The lowest BCUT2D eigenvalue weighted by Crippen LogP contribution is -2.66. The number of hydrogen-bond donors (Lipinski definition) is 1. The van der Waals surface area contributed by atoms with Crippen molar-refractivity contribution in [2.45, 2.75) is 119 Å². The normalized spacial score (nSPS) is 50.5. The van der Waals surface area contributed by atoms with Crippen molar-refractivity contribution in [1.82, 2.24) is 0 Å². The summed E-state index contributed by atoms with van der Waals surface area (Å²) in [4.78, 5) is 38.5. The Morgan fingerprint density at radius 2 is 1.57 bits per heavy atom. The van der Waals surface area contributed by atoms with Crippen LogP contribution in [0.15, 0.2) is 11.6 Å². The lowest BCUT2D eigenvalue weighted by Gasteiger charge is -2.70. The highest BCUT2D eigenvalue weighted by molar-refractivity contribution is 5.95. The number of hydrogen-bond acceptors (Lipinski definition) is 4. The Labute approximate surface area is 223 Å². The second-order valence-corrected chi connectivity index (χ2v) is 15.5. The number of ketones is 1. The zero-order valence-corrected chi connectivity index (χ0v) is 24.3. The number of aliphatic carboxylic acids is 1. The molecule has 5 aliphatic rings. The molecule has 0 spiro atoms. The predicted molar refractivity (Wildman–Crippen MR) is 143 cm³/mol. The number of carbonyl (C=O) groups excluding carboxylic acids is 2. The number of carboxylic acids is 1. The van der Waals surface area contributed by atoms with Gasteiger partial charge in [-0.2, -0.15) is 0 Å². The molecule has 0 bridgehead atoms. The van der Waals surface area contributed by atoms with Crippen LogP contribution < -0.4 is 0 Å². The van der Waals surface area contributed by atoms with Crippen molar-refractivity contribution in [3.63, 3.8) is 0 Å². The Kier molecular flexibility index (Phi) is 5.78. The summed E-state index contributed by atoms with van der Waals surface area (Å²) < 4.78 is 5.82. The lowest BCUT2D eigenvalue weighted by molar-refractivity contribution is -0.210. The summed E-state index contributed by atoms with van der Waals surface area (Å²) in [7, 11) is 0. The topological polar surface area (TPSA) is 80.7 Å². The summed E-state index contributed by atoms with van der Waals surface area (Å²) in [5, 5.41) is 10.1. The first-order chi connectivity index (χ1) is 16.9. The van der Waals surface area contributed by atoms with Crippen LogP contribution in [0.2, 0.25) is 0 Å². The van der Waals surface area contributed by atoms with Gasteiger partial charge >= 0.3 is 11.9 Å². The van der Waals surface area contributed by atoms with Gasteiger partial charge in [-0.3, -0.25) is 14.4 Å². The monoisotopic (exact) mass is 512 g/mol. The molecule has 0 aromatic heterocycles. The first kappa shape index (κ1) is 26.9. The number of esters is 1. The second kappa shape index (κ2) is 7.94. The third-order valence-corrected chi connectivity index (χ3v) is 13.3. The Bertz CT molecular complexity index is 1070. The summed E-state index contributed by atoms with van der Waals surface area (Å²) >= 11 is 0. The van der Waals surface area contributed by atoms with Crippen molar-refractivity contribution in [3.8, 4) is 0 Å². The molecular weight excluding hydrogens is 464 g/mol. The third kappa shape index (κ3) is 3.43. The molecule has 0 aliphatic heterocycles. The van der Waals surface area contributed by atoms with E-state index in [1.807, 2.05) is 13.0 Å². The van der Waals surface area contributed by atoms with Crippen molar-refractivity contribution in [2.24, 2.45) is 50.2 Å². The van der Waals surface area contributed by atoms with Gasteiger partial charge in [0.05, 0.1) is 5.41 Å². The van der Waals surface area contributed by atoms with Crippen LogP contribution in [0.4, 0.5) is 0 Å². The molecule has 0 aromatic carbocycles. The number of allylic oxidation sites excluding steroid dienone is 2. The van der Waals surface area contributed by atoms with Crippen LogP contribution in [0, 0.1) is 50.2 Å². The Morgan fingerprint density at radius 1 is 0.919 bits per heavy atom. The van der Waals surface area contributed by atoms with Gasteiger partial charge in [-0.1, -0.05) is 47.1 Å². The first-order valence-corrected chi connectivity index (χ1v) is 14.6. The summed E-state index contributed by atoms with van der Waals surface area (Å²) in [6.45, 7) is 17.4. The van der Waals surface area contributed by atoms with Gasteiger partial charge in [0.25, 0.3) is 0 Å². The Hall–Kier alpha value is -1.65. The van der Waals surface area contributed by atoms with E-state index in [1.54, 1.807) is 0 Å². The van der Waals surface area contributed by atoms with E-state index < -0.39 is 11.4 Å². The molecule has 1 N–H and O–H groups in total. The molecule has 4 fully saturated rings. The maximum atomic E-state index is 14.4. The molecule has 37 heavy (non-hydrogen) atoms. The van der Waals surface area contributed by atoms with E-state index in [0.717, 1.165) is 44.9 Å². The second-order valence-electron chi connectivity index (χ2n) is 15.5. The number of carboxylic acid groups (broad SMARTS) is 1. The van der Waals surface area contributed by atoms with Gasteiger partial charge in [0.15, 0.2) is 5.78 Å². The summed E-state index contributed by atoms with van der Waals surface area (Å²) in [6, 6.07) is 0. The van der Waals surface area contributed by atoms with E-state index in [0.29, 0.717) is 18.8 Å². The highest BCUT2D eigenvalue weighted by atomic mass is 16.5. The molecule has 0 heterocycles.